The van der Waals surface area contributed by atoms with Gasteiger partial charge in [0.1, 0.15) is 11.5 Å². The molecule has 18 heavy (non-hydrogen) atoms. The van der Waals surface area contributed by atoms with E-state index in [0.717, 1.165) is 5.56 Å². The molecule has 0 aliphatic carbocycles. The SMILES string of the molecule is CC(=O)/C=C/c1ccc(-c2ccc(Cl)c(Cl)c2)o1. The van der Waals surface area contributed by atoms with Gasteiger partial charge < -0.3 is 4.42 Å². The minimum atomic E-state index is -0.0255. The second-order valence-corrected chi connectivity index (χ2v) is 4.59. The highest BCUT2D eigenvalue weighted by Gasteiger charge is 2.05. The lowest BCUT2D eigenvalue weighted by molar-refractivity contribution is -0.112. The predicted molar refractivity (Wildman–Crippen MR) is 73.9 cm³/mol. The smallest absolute Gasteiger partial charge is 0.152 e. The first-order valence-corrected chi connectivity index (χ1v) is 6.06. The minimum absolute atomic E-state index is 0.0255. The van der Waals surface area contributed by atoms with Crippen molar-refractivity contribution in [1.29, 1.82) is 0 Å². The van der Waals surface area contributed by atoms with Crippen molar-refractivity contribution < 1.29 is 9.21 Å². The molecular weight excluding hydrogens is 271 g/mol. The van der Waals surface area contributed by atoms with E-state index in [9.17, 15) is 4.79 Å². The average molecular weight is 281 g/mol. The zero-order valence-electron chi connectivity index (χ0n) is 9.61. The van der Waals surface area contributed by atoms with Crippen molar-refractivity contribution in [3.05, 3.63) is 52.2 Å². The Labute approximate surface area is 115 Å². The number of benzene rings is 1. The number of carbonyl (C=O) groups is 1. The largest absolute Gasteiger partial charge is 0.457 e. The van der Waals surface area contributed by atoms with Gasteiger partial charge in [-0.2, -0.15) is 0 Å². The molecule has 1 aromatic heterocycles. The predicted octanol–water partition coefficient (Wildman–Crippen LogP) is 4.86. The first-order chi connectivity index (χ1) is 8.56. The monoisotopic (exact) mass is 280 g/mol. The minimum Gasteiger partial charge on any atom is -0.457 e. The van der Waals surface area contributed by atoms with Crippen molar-refractivity contribution in [2.45, 2.75) is 6.92 Å². The van der Waals surface area contributed by atoms with Gasteiger partial charge in [0.2, 0.25) is 0 Å². The molecule has 1 aromatic carbocycles. The van der Waals surface area contributed by atoms with Crippen LogP contribution in [0, 0.1) is 0 Å². The fraction of sp³-hybridized carbons (Fsp3) is 0.0714. The van der Waals surface area contributed by atoms with Crippen LogP contribution in [0.1, 0.15) is 12.7 Å². The number of ketones is 1. The van der Waals surface area contributed by atoms with Crippen LogP contribution < -0.4 is 0 Å². The van der Waals surface area contributed by atoms with E-state index in [2.05, 4.69) is 0 Å². The van der Waals surface area contributed by atoms with Crippen molar-refractivity contribution in [2.75, 3.05) is 0 Å². The van der Waals surface area contributed by atoms with Gasteiger partial charge in [0, 0.05) is 5.56 Å². The molecule has 1 heterocycles. The van der Waals surface area contributed by atoms with Crippen LogP contribution >= 0.6 is 23.2 Å². The molecule has 4 heteroatoms. The molecule has 0 saturated heterocycles. The number of rotatable bonds is 3. The lowest BCUT2D eigenvalue weighted by Crippen LogP contribution is -1.78. The molecule has 0 aliphatic heterocycles. The van der Waals surface area contributed by atoms with E-state index in [0.29, 0.717) is 21.6 Å². The molecule has 0 aliphatic rings. The van der Waals surface area contributed by atoms with Gasteiger partial charge in [0.15, 0.2) is 5.78 Å². The van der Waals surface area contributed by atoms with Gasteiger partial charge in [-0.3, -0.25) is 4.79 Å². The van der Waals surface area contributed by atoms with Crippen molar-refractivity contribution >= 4 is 35.1 Å². The summed E-state index contributed by atoms with van der Waals surface area (Å²) in [6.07, 6.45) is 3.08. The Bertz CT molecular complexity index is 612. The van der Waals surface area contributed by atoms with Crippen LogP contribution in [0.15, 0.2) is 40.8 Å². The molecule has 0 unspecified atom stereocenters. The highest BCUT2D eigenvalue weighted by Crippen LogP contribution is 2.29. The first-order valence-electron chi connectivity index (χ1n) is 5.30. The van der Waals surface area contributed by atoms with Crippen molar-refractivity contribution in [2.24, 2.45) is 0 Å². The van der Waals surface area contributed by atoms with E-state index >= 15 is 0 Å². The maximum atomic E-state index is 10.8. The van der Waals surface area contributed by atoms with Crippen LogP contribution in [-0.4, -0.2) is 5.78 Å². The molecule has 0 atom stereocenters. The lowest BCUT2D eigenvalue weighted by atomic mass is 10.2. The van der Waals surface area contributed by atoms with Gasteiger partial charge in [-0.05, 0) is 49.4 Å². The number of halogens is 2. The quantitative estimate of drug-likeness (QED) is 0.752. The Morgan fingerprint density at radius 2 is 1.94 bits per heavy atom. The van der Waals surface area contributed by atoms with Crippen molar-refractivity contribution in [1.82, 2.24) is 0 Å². The molecule has 92 valence electrons. The van der Waals surface area contributed by atoms with Gasteiger partial charge in [-0.1, -0.05) is 23.2 Å². The molecular formula is C14H10Cl2O2. The number of allylic oxidation sites excluding steroid dienone is 1. The van der Waals surface area contributed by atoms with E-state index in [-0.39, 0.29) is 5.78 Å². The fourth-order valence-electron chi connectivity index (χ4n) is 1.45. The topological polar surface area (TPSA) is 30.2 Å². The molecule has 0 bridgehead atoms. The van der Waals surface area contributed by atoms with Crippen LogP contribution in [0.25, 0.3) is 17.4 Å². The summed E-state index contributed by atoms with van der Waals surface area (Å²) in [4.78, 5) is 10.8. The summed E-state index contributed by atoms with van der Waals surface area (Å²) in [6.45, 7) is 1.49. The Kier molecular flexibility index (Phi) is 3.90. The number of hydrogen-bond acceptors (Lipinski definition) is 2. The van der Waals surface area contributed by atoms with E-state index < -0.39 is 0 Å². The fourth-order valence-corrected chi connectivity index (χ4v) is 1.74. The van der Waals surface area contributed by atoms with Crippen LogP contribution in [0.5, 0.6) is 0 Å². The van der Waals surface area contributed by atoms with Gasteiger partial charge in [-0.25, -0.2) is 0 Å². The third-order valence-corrected chi connectivity index (χ3v) is 3.05. The second-order valence-electron chi connectivity index (χ2n) is 3.77. The second kappa shape index (κ2) is 5.42. The van der Waals surface area contributed by atoms with Crippen LogP contribution in [0.3, 0.4) is 0 Å². The molecule has 0 N–H and O–H groups in total. The van der Waals surface area contributed by atoms with Crippen molar-refractivity contribution in [3.63, 3.8) is 0 Å². The van der Waals surface area contributed by atoms with Crippen LogP contribution in [-0.2, 0) is 4.79 Å². The Morgan fingerprint density at radius 1 is 1.17 bits per heavy atom. The summed E-state index contributed by atoms with van der Waals surface area (Å²) in [5.74, 6) is 1.27. The Morgan fingerprint density at radius 3 is 2.61 bits per heavy atom. The highest BCUT2D eigenvalue weighted by molar-refractivity contribution is 6.42. The number of furan rings is 1. The summed E-state index contributed by atoms with van der Waals surface area (Å²) >= 11 is 11.8. The average Bonchev–Trinajstić information content (AvgIpc) is 2.79. The normalized spacial score (nSPS) is 11.1. The molecule has 2 rings (SSSR count). The Balaban J connectivity index is 2.29. The molecule has 0 amide bonds. The third-order valence-electron chi connectivity index (χ3n) is 2.31. The maximum Gasteiger partial charge on any atom is 0.152 e. The zero-order chi connectivity index (χ0) is 13.1. The summed E-state index contributed by atoms with van der Waals surface area (Å²) in [7, 11) is 0. The number of hydrogen-bond donors (Lipinski definition) is 0. The summed E-state index contributed by atoms with van der Waals surface area (Å²) in [5, 5.41) is 0.982. The van der Waals surface area contributed by atoms with Gasteiger partial charge in [0.25, 0.3) is 0 Å². The van der Waals surface area contributed by atoms with E-state index in [4.69, 9.17) is 27.6 Å². The molecule has 2 aromatic rings. The molecule has 0 saturated carbocycles. The van der Waals surface area contributed by atoms with Gasteiger partial charge in [0.05, 0.1) is 10.0 Å². The van der Waals surface area contributed by atoms with E-state index in [1.54, 1.807) is 24.3 Å². The summed E-state index contributed by atoms with van der Waals surface area (Å²) in [5.41, 5.74) is 0.840. The zero-order valence-corrected chi connectivity index (χ0v) is 11.1. The van der Waals surface area contributed by atoms with E-state index in [1.165, 1.54) is 13.0 Å². The molecule has 0 fully saturated rings. The Hall–Kier alpha value is -1.51. The summed E-state index contributed by atoms with van der Waals surface area (Å²) in [6, 6.07) is 8.89. The van der Waals surface area contributed by atoms with Crippen LogP contribution in [0.2, 0.25) is 10.0 Å². The lowest BCUT2D eigenvalue weighted by Gasteiger charge is -1.99. The molecule has 0 radical (unpaired) electrons. The van der Waals surface area contributed by atoms with Gasteiger partial charge >= 0.3 is 0 Å². The van der Waals surface area contributed by atoms with E-state index in [1.807, 2.05) is 12.1 Å². The first kappa shape index (κ1) is 12.9. The summed E-state index contributed by atoms with van der Waals surface area (Å²) < 4.78 is 5.57. The third kappa shape index (κ3) is 3.03. The maximum absolute atomic E-state index is 10.8. The van der Waals surface area contributed by atoms with Gasteiger partial charge in [-0.15, -0.1) is 0 Å². The molecule has 0 spiro atoms. The van der Waals surface area contributed by atoms with Crippen molar-refractivity contribution in [3.8, 4) is 11.3 Å². The van der Waals surface area contributed by atoms with Crippen LogP contribution in [0.4, 0.5) is 0 Å². The molecule has 2 nitrogen and oxygen atoms in total. The number of carbonyl (C=O) groups excluding carboxylic acids is 1. The highest BCUT2D eigenvalue weighted by atomic mass is 35.5. The standard InChI is InChI=1S/C14H10Cl2O2/c1-9(17)2-4-11-5-7-14(18-11)10-3-6-12(15)13(16)8-10/h2-8H,1H3/b4-2+.